The van der Waals surface area contributed by atoms with E-state index in [1.807, 2.05) is 12.3 Å². The molecular formula is C8H7BrF2S. The molecule has 0 aliphatic heterocycles. The van der Waals surface area contributed by atoms with Gasteiger partial charge < -0.3 is 0 Å². The molecule has 1 aromatic carbocycles. The van der Waals surface area contributed by atoms with Crippen molar-refractivity contribution in [1.29, 1.82) is 0 Å². The summed E-state index contributed by atoms with van der Waals surface area (Å²) in [4.78, 5) is 0.847. The molecule has 0 fully saturated rings. The van der Waals surface area contributed by atoms with Crippen LogP contribution in [-0.4, -0.2) is 6.26 Å². The first-order chi connectivity index (χ1) is 5.63. The average Bonchev–Trinajstić information content (AvgIpc) is 2.03. The molecule has 0 aliphatic carbocycles. The van der Waals surface area contributed by atoms with E-state index in [-0.39, 0.29) is 5.56 Å². The Labute approximate surface area is 82.5 Å². The molecule has 1 rings (SSSR count). The maximum atomic E-state index is 12.2. The maximum absolute atomic E-state index is 12.2. The number of rotatable bonds is 2. The average molecular weight is 253 g/mol. The molecule has 12 heavy (non-hydrogen) atoms. The van der Waals surface area contributed by atoms with Crippen molar-refractivity contribution in [2.75, 3.05) is 6.26 Å². The van der Waals surface area contributed by atoms with Crippen LogP contribution in [0.1, 0.15) is 12.0 Å². The molecular weight excluding hydrogens is 246 g/mol. The van der Waals surface area contributed by atoms with Gasteiger partial charge >= 0.3 is 0 Å². The summed E-state index contributed by atoms with van der Waals surface area (Å²) in [5.74, 6) is 0. The van der Waals surface area contributed by atoms with E-state index in [0.29, 0.717) is 4.47 Å². The Kier molecular flexibility index (Phi) is 3.53. The fraction of sp³-hybridized carbons (Fsp3) is 0.250. The van der Waals surface area contributed by atoms with Crippen LogP contribution in [0.15, 0.2) is 27.6 Å². The van der Waals surface area contributed by atoms with E-state index in [1.165, 1.54) is 23.9 Å². The highest BCUT2D eigenvalue weighted by Gasteiger charge is 2.08. The van der Waals surface area contributed by atoms with Gasteiger partial charge in [0.15, 0.2) is 0 Å². The van der Waals surface area contributed by atoms with Crippen molar-refractivity contribution in [3.8, 4) is 0 Å². The SMILES string of the molecule is CSc1cc(Br)cc(C(F)F)c1. The molecule has 0 saturated heterocycles. The fourth-order valence-corrected chi connectivity index (χ4v) is 1.99. The first-order valence-electron chi connectivity index (χ1n) is 3.26. The fourth-order valence-electron chi connectivity index (χ4n) is 0.828. The van der Waals surface area contributed by atoms with Gasteiger partial charge in [0.1, 0.15) is 0 Å². The molecule has 0 unspecified atom stereocenters. The summed E-state index contributed by atoms with van der Waals surface area (Å²) in [5, 5.41) is 0. The third-order valence-electron chi connectivity index (χ3n) is 1.38. The Bertz CT molecular complexity index is 276. The number of alkyl halides is 2. The molecule has 4 heteroatoms. The minimum absolute atomic E-state index is 0.0636. The van der Waals surface area contributed by atoms with Crippen LogP contribution in [0.3, 0.4) is 0 Å². The Hall–Kier alpha value is -0.0900. The van der Waals surface area contributed by atoms with E-state index in [4.69, 9.17) is 0 Å². The van der Waals surface area contributed by atoms with Crippen molar-refractivity contribution in [2.24, 2.45) is 0 Å². The number of thioether (sulfide) groups is 1. The van der Waals surface area contributed by atoms with Crippen molar-refractivity contribution in [3.05, 3.63) is 28.2 Å². The van der Waals surface area contributed by atoms with Crippen molar-refractivity contribution in [3.63, 3.8) is 0 Å². The lowest BCUT2D eigenvalue weighted by Crippen LogP contribution is -1.84. The summed E-state index contributed by atoms with van der Waals surface area (Å²) >= 11 is 4.63. The van der Waals surface area contributed by atoms with Crippen LogP contribution in [0.25, 0.3) is 0 Å². The zero-order valence-corrected chi connectivity index (χ0v) is 8.75. The monoisotopic (exact) mass is 252 g/mol. The Morgan fingerprint density at radius 3 is 2.50 bits per heavy atom. The van der Waals surface area contributed by atoms with Crippen LogP contribution in [0.2, 0.25) is 0 Å². The summed E-state index contributed by atoms with van der Waals surface area (Å²) in [6.07, 6.45) is -0.537. The predicted molar refractivity (Wildman–Crippen MR) is 50.9 cm³/mol. The minimum Gasteiger partial charge on any atom is -0.205 e. The van der Waals surface area contributed by atoms with Gasteiger partial charge in [-0.25, -0.2) is 8.78 Å². The van der Waals surface area contributed by atoms with E-state index in [9.17, 15) is 8.78 Å². The Morgan fingerprint density at radius 2 is 2.00 bits per heavy atom. The molecule has 0 radical (unpaired) electrons. The molecule has 1 aromatic rings. The largest absolute Gasteiger partial charge is 0.263 e. The Morgan fingerprint density at radius 1 is 1.33 bits per heavy atom. The summed E-state index contributed by atoms with van der Waals surface area (Å²) in [5.41, 5.74) is 0.0636. The molecule has 0 aliphatic rings. The van der Waals surface area contributed by atoms with Gasteiger partial charge in [0.2, 0.25) is 0 Å². The number of benzene rings is 1. The predicted octanol–water partition coefficient (Wildman–Crippen LogP) is 4.11. The number of hydrogen-bond acceptors (Lipinski definition) is 1. The number of hydrogen-bond donors (Lipinski definition) is 0. The second kappa shape index (κ2) is 4.23. The van der Waals surface area contributed by atoms with Gasteiger partial charge in [0.25, 0.3) is 6.43 Å². The molecule has 0 amide bonds. The normalized spacial score (nSPS) is 10.8. The molecule has 66 valence electrons. The zero-order chi connectivity index (χ0) is 9.14. The van der Waals surface area contributed by atoms with Crippen LogP contribution >= 0.6 is 27.7 Å². The highest BCUT2D eigenvalue weighted by Crippen LogP contribution is 2.27. The quantitative estimate of drug-likeness (QED) is 0.715. The second-order valence-electron chi connectivity index (χ2n) is 2.23. The first kappa shape index (κ1) is 9.99. The molecule has 0 spiro atoms. The van der Waals surface area contributed by atoms with Crippen LogP contribution in [-0.2, 0) is 0 Å². The van der Waals surface area contributed by atoms with E-state index in [2.05, 4.69) is 15.9 Å². The first-order valence-corrected chi connectivity index (χ1v) is 5.28. The van der Waals surface area contributed by atoms with Crippen LogP contribution in [0, 0.1) is 0 Å². The molecule has 0 atom stereocenters. The highest BCUT2D eigenvalue weighted by atomic mass is 79.9. The maximum Gasteiger partial charge on any atom is 0.263 e. The smallest absolute Gasteiger partial charge is 0.205 e. The Balaban J connectivity index is 3.06. The van der Waals surface area contributed by atoms with E-state index < -0.39 is 6.43 Å². The molecule has 0 saturated carbocycles. The molecule has 0 bridgehead atoms. The molecule has 0 heterocycles. The third kappa shape index (κ3) is 2.45. The highest BCUT2D eigenvalue weighted by molar-refractivity contribution is 9.10. The standard InChI is InChI=1S/C8H7BrF2S/c1-12-7-3-5(8(10)11)2-6(9)4-7/h2-4,8H,1H3. The van der Waals surface area contributed by atoms with Crippen molar-refractivity contribution >= 4 is 27.7 Å². The summed E-state index contributed by atoms with van der Waals surface area (Å²) in [7, 11) is 0. The van der Waals surface area contributed by atoms with Gasteiger partial charge in [-0.1, -0.05) is 15.9 Å². The number of halogens is 3. The van der Waals surface area contributed by atoms with Gasteiger partial charge in [-0.05, 0) is 24.5 Å². The van der Waals surface area contributed by atoms with Crippen molar-refractivity contribution in [1.82, 2.24) is 0 Å². The topological polar surface area (TPSA) is 0 Å². The van der Waals surface area contributed by atoms with Gasteiger partial charge in [0.05, 0.1) is 0 Å². The lowest BCUT2D eigenvalue weighted by molar-refractivity contribution is 0.151. The van der Waals surface area contributed by atoms with Crippen LogP contribution in [0.4, 0.5) is 8.78 Å². The molecule has 0 N–H and O–H groups in total. The van der Waals surface area contributed by atoms with E-state index in [0.717, 1.165) is 4.90 Å². The van der Waals surface area contributed by atoms with Crippen LogP contribution < -0.4 is 0 Å². The molecule has 0 nitrogen and oxygen atoms in total. The van der Waals surface area contributed by atoms with Gasteiger partial charge in [-0.3, -0.25) is 0 Å². The minimum atomic E-state index is -2.40. The van der Waals surface area contributed by atoms with Crippen LogP contribution in [0.5, 0.6) is 0 Å². The third-order valence-corrected chi connectivity index (χ3v) is 2.55. The van der Waals surface area contributed by atoms with Crippen molar-refractivity contribution < 1.29 is 8.78 Å². The van der Waals surface area contributed by atoms with Gasteiger partial charge in [0, 0.05) is 14.9 Å². The zero-order valence-electron chi connectivity index (χ0n) is 6.35. The van der Waals surface area contributed by atoms with E-state index >= 15 is 0 Å². The summed E-state index contributed by atoms with van der Waals surface area (Å²) in [6.45, 7) is 0. The molecule has 0 aromatic heterocycles. The second-order valence-corrected chi connectivity index (χ2v) is 4.02. The summed E-state index contributed by atoms with van der Waals surface area (Å²) < 4.78 is 25.2. The van der Waals surface area contributed by atoms with Crippen molar-refractivity contribution in [2.45, 2.75) is 11.3 Å². The lowest BCUT2D eigenvalue weighted by Gasteiger charge is -2.03. The van der Waals surface area contributed by atoms with Gasteiger partial charge in [-0.15, -0.1) is 11.8 Å². The van der Waals surface area contributed by atoms with Gasteiger partial charge in [-0.2, -0.15) is 0 Å². The van der Waals surface area contributed by atoms with E-state index in [1.54, 1.807) is 0 Å². The lowest BCUT2D eigenvalue weighted by atomic mass is 10.2. The summed E-state index contributed by atoms with van der Waals surface area (Å²) in [6, 6.07) is 4.75.